The van der Waals surface area contributed by atoms with E-state index < -0.39 is 0 Å². The summed E-state index contributed by atoms with van der Waals surface area (Å²) in [4.78, 5) is 0. The van der Waals surface area contributed by atoms with Crippen LogP contribution in [0.15, 0.2) is 42.5 Å². The number of phenolic OH excluding ortho intramolecular Hbond substituents is 1. The molecule has 0 heterocycles. The average molecular weight is 262 g/mol. The van der Waals surface area contributed by atoms with Gasteiger partial charge in [0.15, 0.2) is 0 Å². The number of halogens is 1. The van der Waals surface area contributed by atoms with Crippen LogP contribution in [0.25, 0.3) is 0 Å². The fourth-order valence-electron chi connectivity index (χ4n) is 1.79. The maximum Gasteiger partial charge on any atom is 0.120 e. The summed E-state index contributed by atoms with van der Waals surface area (Å²) in [5.41, 5.74) is 3.13. The second-order valence-electron chi connectivity index (χ2n) is 4.18. The first-order valence-electron chi connectivity index (χ1n) is 5.99. The fraction of sp³-hybridized carbons (Fsp3) is 0.200. The van der Waals surface area contributed by atoms with Crippen molar-refractivity contribution in [1.82, 2.24) is 0 Å². The molecule has 0 unspecified atom stereocenters. The van der Waals surface area contributed by atoms with Gasteiger partial charge in [-0.15, -0.1) is 0 Å². The fourth-order valence-corrected chi connectivity index (χ4v) is 1.99. The largest absolute Gasteiger partial charge is 0.508 e. The van der Waals surface area contributed by atoms with E-state index in [-0.39, 0.29) is 5.75 Å². The lowest BCUT2D eigenvalue weighted by Crippen LogP contribution is -2.00. The van der Waals surface area contributed by atoms with E-state index in [4.69, 9.17) is 11.6 Å². The van der Waals surface area contributed by atoms with Gasteiger partial charge in [-0.25, -0.2) is 0 Å². The Bertz CT molecular complexity index is 540. The first-order valence-corrected chi connectivity index (χ1v) is 6.37. The highest BCUT2D eigenvalue weighted by molar-refractivity contribution is 6.30. The Balaban J connectivity index is 2.08. The summed E-state index contributed by atoms with van der Waals surface area (Å²) in [7, 11) is 0. The van der Waals surface area contributed by atoms with E-state index in [0.29, 0.717) is 11.6 Å². The topological polar surface area (TPSA) is 32.3 Å². The highest BCUT2D eigenvalue weighted by Crippen LogP contribution is 2.22. The van der Waals surface area contributed by atoms with Gasteiger partial charge in [-0.3, -0.25) is 0 Å². The number of rotatable bonds is 4. The lowest BCUT2D eigenvalue weighted by atomic mass is 10.1. The van der Waals surface area contributed by atoms with Gasteiger partial charge >= 0.3 is 0 Å². The molecule has 2 nitrogen and oxygen atoms in total. The third kappa shape index (κ3) is 3.17. The smallest absolute Gasteiger partial charge is 0.120 e. The summed E-state index contributed by atoms with van der Waals surface area (Å²) in [6, 6.07) is 13.3. The Morgan fingerprint density at radius 1 is 1.17 bits per heavy atom. The van der Waals surface area contributed by atoms with Gasteiger partial charge < -0.3 is 10.4 Å². The minimum atomic E-state index is 0.263. The maximum atomic E-state index is 9.72. The zero-order valence-corrected chi connectivity index (χ0v) is 11.0. The third-order valence-corrected chi connectivity index (χ3v) is 3.09. The summed E-state index contributed by atoms with van der Waals surface area (Å²) in [5, 5.41) is 13.6. The molecule has 94 valence electrons. The molecule has 0 aromatic heterocycles. The van der Waals surface area contributed by atoms with Gasteiger partial charge in [0.2, 0.25) is 0 Å². The predicted molar refractivity (Wildman–Crippen MR) is 76.3 cm³/mol. The van der Waals surface area contributed by atoms with Crippen molar-refractivity contribution in [2.24, 2.45) is 0 Å². The van der Waals surface area contributed by atoms with Crippen molar-refractivity contribution in [2.75, 3.05) is 5.32 Å². The van der Waals surface area contributed by atoms with Crippen LogP contribution in [0.4, 0.5) is 5.69 Å². The quantitative estimate of drug-likeness (QED) is 0.864. The van der Waals surface area contributed by atoms with Crippen molar-refractivity contribution in [1.29, 1.82) is 0 Å². The van der Waals surface area contributed by atoms with Crippen molar-refractivity contribution in [3.63, 3.8) is 0 Å². The van der Waals surface area contributed by atoms with E-state index in [9.17, 15) is 5.11 Å². The van der Waals surface area contributed by atoms with E-state index >= 15 is 0 Å². The Kier molecular flexibility index (Phi) is 4.11. The van der Waals surface area contributed by atoms with Crippen LogP contribution in [0.3, 0.4) is 0 Å². The molecule has 2 N–H and O–H groups in total. The molecule has 0 saturated carbocycles. The second kappa shape index (κ2) is 5.78. The maximum absolute atomic E-state index is 9.72. The van der Waals surface area contributed by atoms with Crippen molar-refractivity contribution in [3.05, 3.63) is 58.6 Å². The number of nitrogens with one attached hydrogen (secondary N) is 1. The Morgan fingerprint density at radius 2 is 2.00 bits per heavy atom. The van der Waals surface area contributed by atoms with Crippen molar-refractivity contribution >= 4 is 17.3 Å². The van der Waals surface area contributed by atoms with E-state index in [1.807, 2.05) is 12.1 Å². The van der Waals surface area contributed by atoms with E-state index in [0.717, 1.165) is 17.7 Å². The van der Waals surface area contributed by atoms with E-state index in [1.54, 1.807) is 18.2 Å². The Morgan fingerprint density at radius 3 is 2.78 bits per heavy atom. The van der Waals surface area contributed by atoms with Crippen molar-refractivity contribution in [2.45, 2.75) is 19.9 Å². The van der Waals surface area contributed by atoms with Gasteiger partial charge in [0.05, 0.1) is 0 Å². The molecular weight excluding hydrogens is 246 g/mol. The number of benzene rings is 2. The van der Waals surface area contributed by atoms with Gasteiger partial charge in [-0.05, 0) is 42.3 Å². The van der Waals surface area contributed by atoms with Crippen LogP contribution in [0, 0.1) is 0 Å². The normalized spacial score (nSPS) is 10.3. The Labute approximate surface area is 112 Å². The molecular formula is C15H16ClNO. The molecule has 0 aliphatic heterocycles. The monoisotopic (exact) mass is 261 g/mol. The molecule has 2 rings (SSSR count). The summed E-state index contributed by atoms with van der Waals surface area (Å²) in [6.07, 6.45) is 1.01. The zero-order chi connectivity index (χ0) is 13.0. The average Bonchev–Trinajstić information content (AvgIpc) is 2.40. The van der Waals surface area contributed by atoms with Crippen LogP contribution in [0.2, 0.25) is 5.02 Å². The van der Waals surface area contributed by atoms with Gasteiger partial charge in [-0.1, -0.05) is 30.7 Å². The summed E-state index contributed by atoms with van der Waals surface area (Å²) < 4.78 is 0. The molecule has 0 spiro atoms. The summed E-state index contributed by atoms with van der Waals surface area (Å²) >= 11 is 5.91. The van der Waals surface area contributed by atoms with Gasteiger partial charge in [0.25, 0.3) is 0 Å². The third-order valence-electron chi connectivity index (χ3n) is 2.86. The second-order valence-corrected chi connectivity index (χ2v) is 4.62. The molecule has 0 radical (unpaired) electrons. The predicted octanol–water partition coefficient (Wildman–Crippen LogP) is 4.22. The van der Waals surface area contributed by atoms with Crippen LogP contribution >= 0.6 is 11.6 Å². The number of hydrogen-bond donors (Lipinski definition) is 2. The molecule has 0 amide bonds. The molecule has 2 aromatic rings. The molecule has 0 aliphatic rings. The minimum Gasteiger partial charge on any atom is -0.508 e. The molecule has 0 saturated heterocycles. The molecule has 18 heavy (non-hydrogen) atoms. The molecule has 0 bridgehead atoms. The number of hydrogen-bond acceptors (Lipinski definition) is 2. The minimum absolute atomic E-state index is 0.263. The summed E-state index contributed by atoms with van der Waals surface area (Å²) in [5.74, 6) is 0.263. The van der Waals surface area contributed by atoms with Crippen LogP contribution in [-0.4, -0.2) is 5.11 Å². The van der Waals surface area contributed by atoms with Crippen LogP contribution < -0.4 is 5.32 Å². The van der Waals surface area contributed by atoms with E-state index in [1.165, 1.54) is 5.56 Å². The van der Waals surface area contributed by atoms with Crippen LogP contribution in [0.1, 0.15) is 18.1 Å². The number of phenols is 1. The molecule has 0 fully saturated rings. The molecule has 0 aliphatic carbocycles. The number of aromatic hydroxyl groups is 1. The lowest BCUT2D eigenvalue weighted by molar-refractivity contribution is 0.469. The summed E-state index contributed by atoms with van der Waals surface area (Å²) in [6.45, 7) is 2.68. The van der Waals surface area contributed by atoms with Crippen molar-refractivity contribution < 1.29 is 5.11 Å². The first-order chi connectivity index (χ1) is 8.69. The molecule has 0 atom stereocenters. The van der Waals surface area contributed by atoms with Crippen molar-refractivity contribution in [3.8, 4) is 5.75 Å². The lowest BCUT2D eigenvalue weighted by Gasteiger charge is -2.09. The SMILES string of the molecule is CCc1cccc(NCc2cc(Cl)ccc2O)c1. The highest BCUT2D eigenvalue weighted by Gasteiger charge is 2.02. The number of anilines is 1. The van der Waals surface area contributed by atoms with Gasteiger partial charge in [-0.2, -0.15) is 0 Å². The first kappa shape index (κ1) is 12.8. The van der Waals surface area contributed by atoms with E-state index in [2.05, 4.69) is 24.4 Å². The van der Waals surface area contributed by atoms with Gasteiger partial charge in [0.1, 0.15) is 5.75 Å². The number of aryl methyl sites for hydroxylation is 1. The van der Waals surface area contributed by atoms with Crippen LogP contribution in [0.5, 0.6) is 5.75 Å². The molecule has 3 heteroatoms. The highest BCUT2D eigenvalue weighted by atomic mass is 35.5. The van der Waals surface area contributed by atoms with Crippen LogP contribution in [-0.2, 0) is 13.0 Å². The standard InChI is InChI=1S/C15H16ClNO/c1-2-11-4-3-5-14(8-11)17-10-12-9-13(16)6-7-15(12)18/h3-9,17-18H,2,10H2,1H3. The zero-order valence-electron chi connectivity index (χ0n) is 10.3. The van der Waals surface area contributed by atoms with Gasteiger partial charge in [0, 0.05) is 22.8 Å². The Hall–Kier alpha value is -1.67. The molecule has 2 aromatic carbocycles.